The quantitative estimate of drug-likeness (QED) is 0.616. The van der Waals surface area contributed by atoms with Crippen molar-refractivity contribution in [2.24, 2.45) is 0 Å². The van der Waals surface area contributed by atoms with Crippen LogP contribution in [0.5, 0.6) is 0 Å². The summed E-state index contributed by atoms with van der Waals surface area (Å²) in [6.07, 6.45) is 1.98. The number of carbonyl (C=O) groups is 2. The summed E-state index contributed by atoms with van der Waals surface area (Å²) in [5.74, 6) is -0.619. The normalized spacial score (nSPS) is 15.9. The van der Waals surface area contributed by atoms with Gasteiger partial charge in [0, 0.05) is 31.0 Å². The highest BCUT2D eigenvalue weighted by atomic mass is 32.1. The molecular weight excluding hydrogens is 401 g/mol. The van der Waals surface area contributed by atoms with Crippen molar-refractivity contribution >= 4 is 23.2 Å². The summed E-state index contributed by atoms with van der Waals surface area (Å²) < 4.78 is 16.1. The van der Waals surface area contributed by atoms with Gasteiger partial charge in [-0.15, -0.1) is 11.3 Å². The molecule has 1 atom stereocenters. The fourth-order valence-electron chi connectivity index (χ4n) is 3.95. The third-order valence-corrected chi connectivity index (χ3v) is 6.30. The smallest absolute Gasteiger partial charge is 0.264 e. The zero-order valence-corrected chi connectivity index (χ0v) is 17.8. The second-order valence-electron chi connectivity index (χ2n) is 7.68. The van der Waals surface area contributed by atoms with Crippen molar-refractivity contribution in [2.45, 2.75) is 32.5 Å². The summed E-state index contributed by atoms with van der Waals surface area (Å²) in [7, 11) is 0. The number of hydrogen-bond donors (Lipinski definition) is 0. The highest BCUT2D eigenvalue weighted by Crippen LogP contribution is 2.33. The average Bonchev–Trinajstić information content (AvgIpc) is 3.42. The number of nitrogens with zero attached hydrogens (tertiary/aromatic N) is 3. The molecule has 0 N–H and O–H groups in total. The number of fused-ring (bicyclic) bond motifs is 1. The van der Waals surface area contributed by atoms with Crippen LogP contribution in [0.3, 0.4) is 0 Å². The lowest BCUT2D eigenvalue weighted by Crippen LogP contribution is -2.49. The van der Waals surface area contributed by atoms with Crippen LogP contribution in [-0.2, 0) is 11.3 Å². The number of halogens is 1. The van der Waals surface area contributed by atoms with Gasteiger partial charge in [0.1, 0.15) is 12.4 Å². The second-order valence-corrected chi connectivity index (χ2v) is 8.62. The monoisotopic (exact) mass is 425 g/mol. The van der Waals surface area contributed by atoms with E-state index in [1.54, 1.807) is 21.9 Å². The third kappa shape index (κ3) is 3.89. The standard InChI is InChI=1S/C23H24FN3O2S/c1-16(2)27(23(29)20-9-5-13-30-20)15-21(28)26-12-11-25-10-4-8-19(25)22(26)17-6-3-7-18(24)14-17/h3-10,13-14,16,22H,11-12,15H2,1-2H3. The molecule has 5 nitrogen and oxygen atoms in total. The van der Waals surface area contributed by atoms with E-state index in [0.717, 1.165) is 11.3 Å². The first-order valence-electron chi connectivity index (χ1n) is 10.00. The minimum Gasteiger partial charge on any atom is -0.348 e. The van der Waals surface area contributed by atoms with Gasteiger partial charge in [0.25, 0.3) is 5.91 Å². The van der Waals surface area contributed by atoms with Gasteiger partial charge < -0.3 is 14.4 Å². The van der Waals surface area contributed by atoms with Crippen molar-refractivity contribution in [3.05, 3.63) is 82.1 Å². The molecule has 7 heteroatoms. The maximum atomic E-state index is 14.0. The van der Waals surface area contributed by atoms with E-state index in [9.17, 15) is 14.0 Å². The van der Waals surface area contributed by atoms with Crippen molar-refractivity contribution < 1.29 is 14.0 Å². The highest BCUT2D eigenvalue weighted by molar-refractivity contribution is 7.12. The molecule has 0 saturated heterocycles. The topological polar surface area (TPSA) is 45.6 Å². The lowest BCUT2D eigenvalue weighted by molar-refractivity contribution is -0.135. The van der Waals surface area contributed by atoms with Gasteiger partial charge >= 0.3 is 0 Å². The number of benzene rings is 1. The first-order chi connectivity index (χ1) is 14.5. The van der Waals surface area contributed by atoms with Crippen LogP contribution in [0.25, 0.3) is 0 Å². The van der Waals surface area contributed by atoms with Crippen LogP contribution >= 0.6 is 11.3 Å². The summed E-state index contributed by atoms with van der Waals surface area (Å²) >= 11 is 1.37. The van der Waals surface area contributed by atoms with Crippen LogP contribution in [0.4, 0.5) is 4.39 Å². The minimum absolute atomic E-state index is 0.0130. The molecule has 0 bridgehead atoms. The summed E-state index contributed by atoms with van der Waals surface area (Å²) in [4.78, 5) is 30.3. The molecule has 0 spiro atoms. The van der Waals surface area contributed by atoms with Crippen LogP contribution in [-0.4, -0.2) is 45.3 Å². The Labute approximate surface area is 179 Å². The Balaban J connectivity index is 1.64. The zero-order valence-electron chi connectivity index (χ0n) is 17.0. The third-order valence-electron chi connectivity index (χ3n) is 5.44. The van der Waals surface area contributed by atoms with E-state index < -0.39 is 0 Å². The maximum absolute atomic E-state index is 14.0. The van der Waals surface area contributed by atoms with Gasteiger partial charge in [0.15, 0.2) is 0 Å². The van der Waals surface area contributed by atoms with Crippen LogP contribution in [0.1, 0.15) is 40.8 Å². The summed E-state index contributed by atoms with van der Waals surface area (Å²) in [6, 6.07) is 13.4. The first kappa shape index (κ1) is 20.3. The Morgan fingerprint density at radius 3 is 2.70 bits per heavy atom. The number of carbonyl (C=O) groups excluding carboxylic acids is 2. The lowest BCUT2D eigenvalue weighted by Gasteiger charge is -2.39. The van der Waals surface area contributed by atoms with Crippen molar-refractivity contribution in [2.75, 3.05) is 13.1 Å². The molecule has 1 aliphatic heterocycles. The van der Waals surface area contributed by atoms with Crippen molar-refractivity contribution in [3.8, 4) is 0 Å². The van der Waals surface area contributed by atoms with Crippen molar-refractivity contribution in [1.82, 2.24) is 14.4 Å². The molecule has 2 amide bonds. The molecule has 0 aliphatic carbocycles. The molecule has 4 rings (SSSR count). The number of aromatic nitrogens is 1. The Bertz CT molecular complexity index is 1040. The Morgan fingerprint density at radius 1 is 1.17 bits per heavy atom. The van der Waals surface area contributed by atoms with Gasteiger partial charge in [0.2, 0.25) is 5.91 Å². The summed E-state index contributed by atoms with van der Waals surface area (Å²) in [6.45, 7) is 4.97. The van der Waals surface area contributed by atoms with Gasteiger partial charge in [-0.05, 0) is 55.1 Å². The van der Waals surface area contributed by atoms with Crippen molar-refractivity contribution in [3.63, 3.8) is 0 Å². The fraction of sp³-hybridized carbons (Fsp3) is 0.304. The Kier molecular flexibility index (Phi) is 5.72. The maximum Gasteiger partial charge on any atom is 0.264 e. The second kappa shape index (κ2) is 8.44. The molecule has 156 valence electrons. The van der Waals surface area contributed by atoms with E-state index in [1.165, 1.54) is 23.5 Å². The van der Waals surface area contributed by atoms with Gasteiger partial charge in [-0.1, -0.05) is 18.2 Å². The molecule has 3 heterocycles. The largest absolute Gasteiger partial charge is 0.348 e. The molecule has 1 aromatic carbocycles. The van der Waals surface area contributed by atoms with Crippen molar-refractivity contribution in [1.29, 1.82) is 0 Å². The van der Waals surface area contributed by atoms with Gasteiger partial charge in [-0.25, -0.2) is 4.39 Å². The van der Waals surface area contributed by atoms with Gasteiger partial charge in [0.05, 0.1) is 10.9 Å². The predicted molar refractivity (Wildman–Crippen MR) is 115 cm³/mol. The summed E-state index contributed by atoms with van der Waals surface area (Å²) in [5.41, 5.74) is 1.67. The molecule has 2 aromatic heterocycles. The first-order valence-corrected chi connectivity index (χ1v) is 10.9. The minimum atomic E-state index is -0.386. The molecule has 0 saturated carbocycles. The molecule has 1 unspecified atom stereocenters. The molecule has 0 fully saturated rings. The van der Waals surface area contributed by atoms with Gasteiger partial charge in [-0.3, -0.25) is 9.59 Å². The molecule has 0 radical (unpaired) electrons. The lowest BCUT2D eigenvalue weighted by atomic mass is 9.99. The van der Waals surface area contributed by atoms with E-state index in [-0.39, 0.29) is 36.3 Å². The van der Waals surface area contributed by atoms with E-state index in [1.807, 2.05) is 49.7 Å². The number of rotatable bonds is 5. The zero-order chi connectivity index (χ0) is 21.3. The van der Waals surface area contributed by atoms with Crippen LogP contribution in [0, 0.1) is 5.82 Å². The summed E-state index contributed by atoms with van der Waals surface area (Å²) in [5, 5.41) is 1.85. The Morgan fingerprint density at radius 2 is 2.00 bits per heavy atom. The SMILES string of the molecule is CC(C)N(CC(=O)N1CCn2cccc2C1c1cccc(F)c1)C(=O)c1cccs1. The fourth-order valence-corrected chi connectivity index (χ4v) is 4.63. The number of thiophene rings is 1. The molecular formula is C23H24FN3O2S. The Hall–Kier alpha value is -2.93. The number of hydrogen-bond acceptors (Lipinski definition) is 3. The van der Waals surface area contributed by atoms with E-state index in [4.69, 9.17) is 0 Å². The van der Waals surface area contributed by atoms with Crippen LogP contribution in [0.15, 0.2) is 60.1 Å². The van der Waals surface area contributed by atoms with E-state index >= 15 is 0 Å². The number of amides is 2. The molecule has 30 heavy (non-hydrogen) atoms. The van der Waals surface area contributed by atoms with Gasteiger partial charge in [-0.2, -0.15) is 0 Å². The highest BCUT2D eigenvalue weighted by Gasteiger charge is 2.34. The van der Waals surface area contributed by atoms with Crippen LogP contribution < -0.4 is 0 Å². The van der Waals surface area contributed by atoms with Crippen LogP contribution in [0.2, 0.25) is 0 Å². The average molecular weight is 426 g/mol. The molecule has 1 aliphatic rings. The van der Waals surface area contributed by atoms with E-state index in [2.05, 4.69) is 4.57 Å². The predicted octanol–water partition coefficient (Wildman–Crippen LogP) is 4.17. The van der Waals surface area contributed by atoms with E-state index in [0.29, 0.717) is 18.0 Å². The molecule has 3 aromatic rings.